The van der Waals surface area contributed by atoms with Gasteiger partial charge in [-0.1, -0.05) is 6.92 Å². The summed E-state index contributed by atoms with van der Waals surface area (Å²) in [6, 6.07) is 7.72. The SMILES string of the molecule is CC1(Cc2cc(Nc3ccc(N4CCC(O)CC4)cn3)c3c(=O)[nH]ccc3n2)COC1. The average Bonchev–Trinajstić information content (AvgIpc) is 2.74. The lowest BCUT2D eigenvalue weighted by atomic mass is 9.83. The van der Waals surface area contributed by atoms with Gasteiger partial charge in [0.25, 0.3) is 5.56 Å². The maximum absolute atomic E-state index is 12.5. The van der Waals surface area contributed by atoms with Crippen molar-refractivity contribution in [1.29, 1.82) is 0 Å². The molecule has 2 fully saturated rings. The van der Waals surface area contributed by atoms with Crippen molar-refractivity contribution >= 4 is 28.1 Å². The summed E-state index contributed by atoms with van der Waals surface area (Å²) in [5.74, 6) is 0.667. The Hall–Kier alpha value is -2.97. The van der Waals surface area contributed by atoms with Crippen molar-refractivity contribution in [2.45, 2.75) is 32.3 Å². The second-order valence-corrected chi connectivity index (χ2v) is 8.95. The van der Waals surface area contributed by atoms with Crippen LogP contribution in [-0.2, 0) is 11.2 Å². The van der Waals surface area contributed by atoms with E-state index in [4.69, 9.17) is 9.72 Å². The maximum Gasteiger partial charge on any atom is 0.259 e. The van der Waals surface area contributed by atoms with Gasteiger partial charge in [-0.15, -0.1) is 0 Å². The summed E-state index contributed by atoms with van der Waals surface area (Å²) in [6.45, 7) is 5.29. The largest absolute Gasteiger partial charge is 0.393 e. The standard InChI is InChI=1S/C23H27N5O3/c1-23(13-31-14-23)11-15-10-19(21-18(26-15)4-7-24-22(21)30)27-20-3-2-16(12-25-20)28-8-5-17(29)6-9-28/h2-4,7,10,12,17,29H,5-6,8-9,11,13-14H2,1H3,(H,24,30)(H,25,26,27). The van der Waals surface area contributed by atoms with E-state index in [-0.39, 0.29) is 17.1 Å². The Morgan fingerprint density at radius 3 is 2.77 bits per heavy atom. The van der Waals surface area contributed by atoms with Gasteiger partial charge in [0.2, 0.25) is 0 Å². The number of nitrogens with one attached hydrogen (secondary N) is 2. The first kappa shape index (κ1) is 20.0. The summed E-state index contributed by atoms with van der Waals surface area (Å²) in [4.78, 5) is 26.8. The third-order valence-corrected chi connectivity index (χ3v) is 6.13. The van der Waals surface area contributed by atoms with E-state index >= 15 is 0 Å². The van der Waals surface area contributed by atoms with Crippen LogP contribution in [0.3, 0.4) is 0 Å². The lowest BCUT2D eigenvalue weighted by Crippen LogP contribution is -2.41. The number of ether oxygens (including phenoxy) is 1. The quantitative estimate of drug-likeness (QED) is 0.582. The lowest BCUT2D eigenvalue weighted by Gasteiger charge is -2.37. The maximum atomic E-state index is 12.5. The summed E-state index contributed by atoms with van der Waals surface area (Å²) in [5, 5.41) is 13.6. The molecule has 0 aromatic carbocycles. The molecule has 8 nitrogen and oxygen atoms in total. The van der Waals surface area contributed by atoms with Crippen molar-refractivity contribution in [3.63, 3.8) is 0 Å². The number of aliphatic hydroxyl groups excluding tert-OH is 1. The Bertz CT molecular complexity index is 1130. The molecule has 5 heterocycles. The van der Waals surface area contributed by atoms with Gasteiger partial charge in [-0.25, -0.2) is 4.98 Å². The molecule has 0 aliphatic carbocycles. The van der Waals surface area contributed by atoms with Gasteiger partial charge in [-0.3, -0.25) is 9.78 Å². The van der Waals surface area contributed by atoms with Crippen LogP contribution in [0.25, 0.3) is 10.9 Å². The highest BCUT2D eigenvalue weighted by Crippen LogP contribution is 2.32. The fourth-order valence-corrected chi connectivity index (χ4v) is 4.34. The summed E-state index contributed by atoms with van der Waals surface area (Å²) >= 11 is 0. The molecule has 0 spiro atoms. The zero-order chi connectivity index (χ0) is 21.4. The van der Waals surface area contributed by atoms with E-state index in [1.807, 2.05) is 30.5 Å². The van der Waals surface area contributed by atoms with Crippen LogP contribution in [0.2, 0.25) is 0 Å². The van der Waals surface area contributed by atoms with Gasteiger partial charge < -0.3 is 25.0 Å². The van der Waals surface area contributed by atoms with Gasteiger partial charge in [0.1, 0.15) is 5.82 Å². The number of nitrogens with zero attached hydrogens (tertiary/aromatic N) is 3. The lowest BCUT2D eigenvalue weighted by molar-refractivity contribution is -0.101. The Morgan fingerprint density at radius 1 is 1.29 bits per heavy atom. The molecule has 3 aromatic rings. The Labute approximate surface area is 180 Å². The Kier molecular flexibility index (Phi) is 5.11. The number of aromatic amines is 1. The van der Waals surface area contributed by atoms with Crippen LogP contribution in [0.5, 0.6) is 0 Å². The first-order valence-corrected chi connectivity index (χ1v) is 10.7. The molecular weight excluding hydrogens is 394 g/mol. The molecule has 2 aliphatic heterocycles. The molecule has 5 rings (SSSR count). The predicted octanol–water partition coefficient (Wildman–Crippen LogP) is 2.60. The van der Waals surface area contributed by atoms with Gasteiger partial charge in [-0.05, 0) is 43.5 Å². The molecule has 3 aromatic heterocycles. The molecule has 0 atom stereocenters. The smallest absolute Gasteiger partial charge is 0.259 e. The van der Waals surface area contributed by atoms with Crippen molar-refractivity contribution in [1.82, 2.24) is 15.0 Å². The zero-order valence-electron chi connectivity index (χ0n) is 17.6. The number of anilines is 3. The van der Waals surface area contributed by atoms with Crippen molar-refractivity contribution < 1.29 is 9.84 Å². The Morgan fingerprint density at radius 2 is 2.10 bits per heavy atom. The first-order valence-electron chi connectivity index (χ1n) is 10.7. The van der Waals surface area contributed by atoms with Gasteiger partial charge in [0, 0.05) is 30.4 Å². The van der Waals surface area contributed by atoms with Crippen molar-refractivity contribution in [3.05, 3.63) is 52.7 Å². The van der Waals surface area contributed by atoms with Crippen LogP contribution in [0.15, 0.2) is 41.5 Å². The molecule has 0 bridgehead atoms. The van der Waals surface area contributed by atoms with Crippen LogP contribution in [-0.4, -0.2) is 52.5 Å². The van der Waals surface area contributed by atoms with Gasteiger partial charge >= 0.3 is 0 Å². The zero-order valence-corrected chi connectivity index (χ0v) is 17.6. The number of hydrogen-bond acceptors (Lipinski definition) is 7. The van der Waals surface area contributed by atoms with E-state index in [1.165, 1.54) is 0 Å². The number of piperidine rings is 1. The van der Waals surface area contributed by atoms with Crippen LogP contribution in [0, 0.1) is 5.41 Å². The highest BCUT2D eigenvalue weighted by atomic mass is 16.5. The second kappa shape index (κ2) is 7.94. The molecule has 8 heteroatoms. The predicted molar refractivity (Wildman–Crippen MR) is 120 cm³/mol. The van der Waals surface area contributed by atoms with Crippen molar-refractivity contribution in [2.24, 2.45) is 5.41 Å². The number of pyridine rings is 3. The third kappa shape index (κ3) is 4.13. The minimum absolute atomic E-state index is 0.0844. The molecule has 0 saturated carbocycles. The molecule has 0 unspecified atom stereocenters. The summed E-state index contributed by atoms with van der Waals surface area (Å²) in [5.41, 5.74) is 3.23. The molecular formula is C23H27N5O3. The van der Waals surface area contributed by atoms with E-state index in [1.54, 1.807) is 6.20 Å². The molecule has 2 saturated heterocycles. The van der Waals surface area contributed by atoms with Gasteiger partial charge in [0.05, 0.1) is 47.8 Å². The fourth-order valence-electron chi connectivity index (χ4n) is 4.34. The number of aliphatic hydroxyl groups is 1. The van der Waals surface area contributed by atoms with E-state index in [2.05, 4.69) is 27.1 Å². The van der Waals surface area contributed by atoms with Crippen LogP contribution in [0.4, 0.5) is 17.2 Å². The molecule has 31 heavy (non-hydrogen) atoms. The summed E-state index contributed by atoms with van der Waals surface area (Å²) in [7, 11) is 0. The van der Waals surface area contributed by atoms with Crippen molar-refractivity contribution in [3.8, 4) is 0 Å². The number of H-pyrrole nitrogens is 1. The highest BCUT2D eigenvalue weighted by molar-refractivity contribution is 5.92. The summed E-state index contributed by atoms with van der Waals surface area (Å²) in [6.07, 6.45) is 5.60. The number of hydrogen-bond donors (Lipinski definition) is 3. The number of aromatic nitrogens is 3. The van der Waals surface area contributed by atoms with Crippen LogP contribution >= 0.6 is 0 Å². The van der Waals surface area contributed by atoms with Gasteiger partial charge in [0.15, 0.2) is 0 Å². The first-order chi connectivity index (χ1) is 15.0. The minimum atomic E-state index is -0.203. The van der Waals surface area contributed by atoms with E-state index < -0.39 is 0 Å². The van der Waals surface area contributed by atoms with Crippen LogP contribution < -0.4 is 15.8 Å². The van der Waals surface area contributed by atoms with E-state index in [0.29, 0.717) is 22.4 Å². The normalized spacial score (nSPS) is 18.7. The molecule has 3 N–H and O–H groups in total. The van der Waals surface area contributed by atoms with Crippen LogP contribution in [0.1, 0.15) is 25.5 Å². The molecule has 162 valence electrons. The number of fused-ring (bicyclic) bond motifs is 1. The Balaban J connectivity index is 1.43. The average molecular weight is 422 g/mol. The van der Waals surface area contributed by atoms with E-state index in [0.717, 1.165) is 56.9 Å². The van der Waals surface area contributed by atoms with Crippen molar-refractivity contribution in [2.75, 3.05) is 36.5 Å². The minimum Gasteiger partial charge on any atom is -0.393 e. The monoisotopic (exact) mass is 421 g/mol. The molecule has 0 radical (unpaired) electrons. The molecule has 0 amide bonds. The second-order valence-electron chi connectivity index (χ2n) is 8.95. The highest BCUT2D eigenvalue weighted by Gasteiger charge is 2.34. The number of rotatable bonds is 5. The van der Waals surface area contributed by atoms with E-state index in [9.17, 15) is 9.90 Å². The topological polar surface area (TPSA) is 103 Å². The van der Waals surface area contributed by atoms with Gasteiger partial charge in [-0.2, -0.15) is 0 Å². The summed E-state index contributed by atoms with van der Waals surface area (Å²) < 4.78 is 5.38. The third-order valence-electron chi connectivity index (χ3n) is 6.13. The molecule has 2 aliphatic rings. The fraction of sp³-hybridized carbons (Fsp3) is 0.435.